The van der Waals surface area contributed by atoms with Gasteiger partial charge in [-0.1, -0.05) is 23.7 Å². The number of aromatic nitrogens is 3. The highest BCUT2D eigenvalue weighted by atomic mass is 35.5. The third-order valence-electron chi connectivity index (χ3n) is 4.84. The lowest BCUT2D eigenvalue weighted by Crippen LogP contribution is -2.34. The minimum atomic E-state index is -0.551. The van der Waals surface area contributed by atoms with Crippen LogP contribution in [0.15, 0.2) is 54.7 Å². The highest BCUT2D eigenvalue weighted by Gasteiger charge is 2.20. The Morgan fingerprint density at radius 1 is 1.09 bits per heavy atom. The predicted molar refractivity (Wildman–Crippen MR) is 129 cm³/mol. The van der Waals surface area contributed by atoms with E-state index in [2.05, 4.69) is 15.0 Å². The van der Waals surface area contributed by atoms with Crippen molar-refractivity contribution in [3.63, 3.8) is 0 Å². The number of nitrogen functional groups attached to an aromatic ring is 1. The minimum absolute atomic E-state index is 0.404. The second-order valence-corrected chi connectivity index (χ2v) is 8.91. The average molecular weight is 450 g/mol. The highest BCUT2D eigenvalue weighted by Crippen LogP contribution is 2.30. The summed E-state index contributed by atoms with van der Waals surface area (Å²) in [6.45, 7) is 5.52. The van der Waals surface area contributed by atoms with Crippen LogP contribution >= 0.6 is 11.6 Å². The Morgan fingerprint density at radius 2 is 1.81 bits per heavy atom. The molecule has 3 N–H and O–H groups in total. The zero-order chi connectivity index (χ0) is 23.0. The van der Waals surface area contributed by atoms with Gasteiger partial charge in [0.05, 0.1) is 10.5 Å². The molecule has 2 heterocycles. The molecule has 0 spiro atoms. The number of anilines is 2. The van der Waals surface area contributed by atoms with Crippen molar-refractivity contribution in [1.82, 2.24) is 15.0 Å². The number of pyridine rings is 1. The first-order valence-electron chi connectivity index (χ1n) is 10.1. The number of aromatic amines is 1. The van der Waals surface area contributed by atoms with Gasteiger partial charge in [0.25, 0.3) is 0 Å². The van der Waals surface area contributed by atoms with Crippen molar-refractivity contribution in [2.45, 2.75) is 26.4 Å². The fraction of sp³-hybridized carbons (Fsp3) is 0.208. The van der Waals surface area contributed by atoms with Crippen LogP contribution in [0.2, 0.25) is 5.02 Å². The third-order valence-corrected chi connectivity index (χ3v) is 5.17. The summed E-state index contributed by atoms with van der Waals surface area (Å²) in [7, 11) is 1.68. The van der Waals surface area contributed by atoms with Crippen molar-refractivity contribution >= 4 is 40.2 Å². The Balaban J connectivity index is 1.60. The Hall–Kier alpha value is -3.58. The molecule has 8 heteroatoms. The molecule has 0 atom stereocenters. The maximum Gasteiger partial charge on any atom is 0.414 e. The van der Waals surface area contributed by atoms with Gasteiger partial charge < -0.3 is 15.5 Å². The van der Waals surface area contributed by atoms with Crippen molar-refractivity contribution in [3.05, 3.63) is 59.8 Å². The molecule has 7 nitrogen and oxygen atoms in total. The molecule has 0 fully saturated rings. The summed E-state index contributed by atoms with van der Waals surface area (Å²) in [4.78, 5) is 26.1. The number of carbonyl (C=O) groups is 1. The van der Waals surface area contributed by atoms with E-state index < -0.39 is 11.7 Å². The van der Waals surface area contributed by atoms with E-state index in [0.717, 1.165) is 27.9 Å². The molecule has 0 bridgehead atoms. The topological polar surface area (TPSA) is 97.1 Å². The molecular weight excluding hydrogens is 426 g/mol. The van der Waals surface area contributed by atoms with E-state index in [9.17, 15) is 4.79 Å². The van der Waals surface area contributed by atoms with Gasteiger partial charge in [0.15, 0.2) is 5.65 Å². The van der Waals surface area contributed by atoms with Gasteiger partial charge in [-0.2, -0.15) is 0 Å². The van der Waals surface area contributed by atoms with Gasteiger partial charge in [-0.05, 0) is 62.7 Å². The summed E-state index contributed by atoms with van der Waals surface area (Å²) in [6.07, 6.45) is 1.36. The number of carbonyl (C=O) groups excluding carboxylic acids is 1. The lowest BCUT2D eigenvalue weighted by Gasteiger charge is -2.24. The van der Waals surface area contributed by atoms with Crippen LogP contribution in [0.1, 0.15) is 20.8 Å². The molecule has 164 valence electrons. The van der Waals surface area contributed by atoms with Gasteiger partial charge in [0.1, 0.15) is 11.4 Å². The fourth-order valence-corrected chi connectivity index (χ4v) is 3.43. The van der Waals surface area contributed by atoms with Crippen LogP contribution in [0.5, 0.6) is 0 Å². The van der Waals surface area contributed by atoms with Gasteiger partial charge in [-0.25, -0.2) is 14.8 Å². The summed E-state index contributed by atoms with van der Waals surface area (Å²) < 4.78 is 5.42. The number of H-pyrrole nitrogens is 1. The second-order valence-electron chi connectivity index (χ2n) is 8.51. The first-order chi connectivity index (χ1) is 15.1. The largest absolute Gasteiger partial charge is 0.443 e. The number of fused-ring (bicyclic) bond motifs is 1. The fourth-order valence-electron chi connectivity index (χ4n) is 3.22. The van der Waals surface area contributed by atoms with Crippen LogP contribution < -0.4 is 10.6 Å². The molecule has 0 aliphatic heterocycles. The van der Waals surface area contributed by atoms with E-state index in [-0.39, 0.29) is 0 Å². The maximum absolute atomic E-state index is 12.3. The van der Waals surface area contributed by atoms with Crippen molar-refractivity contribution < 1.29 is 9.53 Å². The number of nitrogens with two attached hydrogens (primary N) is 1. The minimum Gasteiger partial charge on any atom is -0.443 e. The van der Waals surface area contributed by atoms with E-state index in [4.69, 9.17) is 22.1 Å². The maximum atomic E-state index is 12.3. The summed E-state index contributed by atoms with van der Waals surface area (Å²) in [6, 6.07) is 14.9. The normalized spacial score (nSPS) is 11.5. The standard InChI is InChI=1S/C24H24ClN5O2/c1-24(2,3)32-23(31)30(4)17-8-5-14(6-9-17)15-11-20-22(27-13-15)29-21(28-20)18-12-16(26)7-10-19(18)25/h5-13H,26H2,1-4H3,(H,27,28,29). The summed E-state index contributed by atoms with van der Waals surface area (Å²) in [5.74, 6) is 0.608. The van der Waals surface area contributed by atoms with Gasteiger partial charge in [0.2, 0.25) is 0 Å². The number of benzene rings is 2. The van der Waals surface area contributed by atoms with Crippen LogP contribution in [-0.4, -0.2) is 33.7 Å². The first kappa shape index (κ1) is 21.6. The second kappa shape index (κ2) is 8.16. The lowest BCUT2D eigenvalue weighted by molar-refractivity contribution is 0.0589. The van der Waals surface area contributed by atoms with E-state index in [1.807, 2.05) is 51.1 Å². The summed E-state index contributed by atoms with van der Waals surface area (Å²) in [5, 5.41) is 0.558. The molecule has 0 aliphatic carbocycles. The highest BCUT2D eigenvalue weighted by molar-refractivity contribution is 6.33. The smallest absolute Gasteiger partial charge is 0.414 e. The Kier molecular flexibility index (Phi) is 5.52. The van der Waals surface area contributed by atoms with Crippen molar-refractivity contribution in [3.8, 4) is 22.5 Å². The predicted octanol–water partition coefficient (Wildman–Crippen LogP) is 5.90. The van der Waals surface area contributed by atoms with Crippen LogP contribution in [0, 0.1) is 0 Å². The van der Waals surface area contributed by atoms with Crippen LogP contribution in [0.3, 0.4) is 0 Å². The molecule has 4 rings (SSSR count). The molecule has 0 saturated heterocycles. The first-order valence-corrected chi connectivity index (χ1v) is 10.5. The molecule has 0 aliphatic rings. The summed E-state index contributed by atoms with van der Waals surface area (Å²) >= 11 is 6.31. The average Bonchev–Trinajstić information content (AvgIpc) is 3.17. The van der Waals surface area contributed by atoms with Crippen LogP contribution in [0.4, 0.5) is 16.2 Å². The zero-order valence-corrected chi connectivity index (χ0v) is 19.1. The Morgan fingerprint density at radius 3 is 2.50 bits per heavy atom. The molecule has 4 aromatic rings. The number of amides is 1. The van der Waals surface area contributed by atoms with E-state index >= 15 is 0 Å². The molecule has 0 unspecified atom stereocenters. The number of ether oxygens (including phenoxy) is 1. The van der Waals surface area contributed by atoms with Gasteiger partial charge in [-0.15, -0.1) is 0 Å². The summed E-state index contributed by atoms with van der Waals surface area (Å²) in [5.41, 5.74) is 10.6. The zero-order valence-electron chi connectivity index (χ0n) is 18.3. The van der Waals surface area contributed by atoms with Crippen LogP contribution in [-0.2, 0) is 4.74 Å². The van der Waals surface area contributed by atoms with E-state index in [1.165, 1.54) is 4.90 Å². The lowest BCUT2D eigenvalue weighted by atomic mass is 10.1. The number of hydrogen-bond donors (Lipinski definition) is 2. The number of nitrogens with one attached hydrogen (secondary N) is 1. The molecule has 0 saturated carbocycles. The van der Waals surface area contributed by atoms with Crippen molar-refractivity contribution in [2.75, 3.05) is 17.7 Å². The third kappa shape index (κ3) is 4.53. The van der Waals surface area contributed by atoms with Gasteiger partial charge >= 0.3 is 6.09 Å². The molecule has 32 heavy (non-hydrogen) atoms. The van der Waals surface area contributed by atoms with Crippen molar-refractivity contribution in [1.29, 1.82) is 0 Å². The van der Waals surface area contributed by atoms with Crippen LogP contribution in [0.25, 0.3) is 33.7 Å². The molecular formula is C24H24ClN5O2. The number of nitrogens with zero attached hydrogens (tertiary/aromatic N) is 3. The van der Waals surface area contributed by atoms with E-state index in [0.29, 0.717) is 22.2 Å². The molecule has 1 amide bonds. The molecule has 0 radical (unpaired) electrons. The van der Waals surface area contributed by atoms with Gasteiger partial charge in [-0.3, -0.25) is 4.90 Å². The molecule has 2 aromatic carbocycles. The number of imidazole rings is 1. The SMILES string of the molecule is CN(C(=O)OC(C)(C)C)c1ccc(-c2cnc3nc(-c4cc(N)ccc4Cl)[nH]c3c2)cc1. The monoisotopic (exact) mass is 449 g/mol. The number of halogens is 1. The quantitative estimate of drug-likeness (QED) is 0.379. The Bertz CT molecular complexity index is 1290. The number of rotatable bonds is 3. The Labute approximate surface area is 191 Å². The molecule has 2 aromatic heterocycles. The van der Waals surface area contributed by atoms with Crippen molar-refractivity contribution in [2.24, 2.45) is 0 Å². The number of hydrogen-bond acceptors (Lipinski definition) is 5. The van der Waals surface area contributed by atoms with E-state index in [1.54, 1.807) is 31.4 Å². The van der Waals surface area contributed by atoms with Gasteiger partial charge in [0, 0.05) is 35.7 Å².